The first kappa shape index (κ1) is 12.8. The van der Waals surface area contributed by atoms with Gasteiger partial charge in [0, 0.05) is 16.1 Å². The number of H-pyrrole nitrogens is 1. The third kappa shape index (κ3) is 2.32. The van der Waals surface area contributed by atoms with Gasteiger partial charge >= 0.3 is 0 Å². The minimum Gasteiger partial charge on any atom is -0.309 e. The van der Waals surface area contributed by atoms with E-state index < -0.39 is 0 Å². The molecule has 19 heavy (non-hydrogen) atoms. The largest absolute Gasteiger partial charge is 0.309 e. The Morgan fingerprint density at radius 3 is 3.00 bits per heavy atom. The molecule has 1 saturated heterocycles. The Hall–Kier alpha value is -1.20. The molecule has 1 aromatic carbocycles. The summed E-state index contributed by atoms with van der Waals surface area (Å²) >= 11 is 3.37. The van der Waals surface area contributed by atoms with Crippen molar-refractivity contribution in [3.63, 3.8) is 0 Å². The smallest absolute Gasteiger partial charge is 0.132 e. The first-order valence-electron chi connectivity index (χ1n) is 6.40. The zero-order chi connectivity index (χ0) is 13.4. The fraction of sp³-hybridized carbons (Fsp3) is 0.357. The van der Waals surface area contributed by atoms with E-state index in [0.29, 0.717) is 17.3 Å². The van der Waals surface area contributed by atoms with E-state index in [1.165, 1.54) is 12.5 Å². The number of aromatic nitrogens is 2. The summed E-state index contributed by atoms with van der Waals surface area (Å²) in [7, 11) is 0. The summed E-state index contributed by atoms with van der Waals surface area (Å²) < 4.78 is 14.8. The van der Waals surface area contributed by atoms with Crippen molar-refractivity contribution in [2.75, 3.05) is 6.54 Å². The van der Waals surface area contributed by atoms with Crippen LogP contribution in [0.3, 0.4) is 0 Å². The van der Waals surface area contributed by atoms with E-state index in [-0.39, 0.29) is 5.82 Å². The van der Waals surface area contributed by atoms with E-state index >= 15 is 0 Å². The van der Waals surface area contributed by atoms with Crippen LogP contribution in [0.5, 0.6) is 0 Å². The molecule has 1 unspecified atom stereocenters. The summed E-state index contributed by atoms with van der Waals surface area (Å²) in [6.45, 7) is 3.03. The summed E-state index contributed by atoms with van der Waals surface area (Å²) in [4.78, 5) is 0. The number of rotatable bonds is 2. The van der Waals surface area contributed by atoms with Crippen molar-refractivity contribution in [2.45, 2.75) is 25.8 Å². The molecule has 3 rings (SSSR count). The normalized spacial score (nSPS) is 19.0. The maximum absolute atomic E-state index is 13.9. The fourth-order valence-electron chi connectivity index (χ4n) is 2.62. The van der Waals surface area contributed by atoms with Crippen molar-refractivity contribution >= 4 is 15.9 Å². The van der Waals surface area contributed by atoms with Gasteiger partial charge in [-0.25, -0.2) is 4.39 Å². The van der Waals surface area contributed by atoms with Crippen LogP contribution < -0.4 is 5.32 Å². The topological polar surface area (TPSA) is 40.7 Å². The minimum atomic E-state index is -0.247. The van der Waals surface area contributed by atoms with Crippen molar-refractivity contribution in [1.82, 2.24) is 15.5 Å². The molecular weight excluding hydrogens is 309 g/mol. The molecule has 1 fully saturated rings. The predicted molar refractivity (Wildman–Crippen MR) is 76.4 cm³/mol. The van der Waals surface area contributed by atoms with E-state index in [4.69, 9.17) is 0 Å². The summed E-state index contributed by atoms with van der Waals surface area (Å²) in [5, 5.41) is 10.8. The van der Waals surface area contributed by atoms with Gasteiger partial charge in [0.15, 0.2) is 0 Å². The minimum absolute atomic E-state index is 0.247. The third-order valence-electron chi connectivity index (χ3n) is 3.64. The van der Waals surface area contributed by atoms with Crippen LogP contribution in [0.25, 0.3) is 11.3 Å². The van der Waals surface area contributed by atoms with Gasteiger partial charge in [-0.3, -0.25) is 5.10 Å². The molecule has 1 aromatic heterocycles. The zero-order valence-corrected chi connectivity index (χ0v) is 12.2. The first-order valence-corrected chi connectivity index (χ1v) is 7.20. The average Bonchev–Trinajstić information content (AvgIpc) is 3.01. The summed E-state index contributed by atoms with van der Waals surface area (Å²) in [6, 6.07) is 5.24. The molecule has 2 aromatic rings. The molecule has 100 valence electrons. The number of benzene rings is 1. The number of hydrogen-bond donors (Lipinski definition) is 2. The standard InChI is InChI=1S/C14H15BrFN3/c1-8-13(10-7-9(15)4-5-11(10)16)18-19-14(8)12-3-2-6-17-12/h4-5,7,12,17H,2-3,6H2,1H3,(H,18,19). The second-order valence-corrected chi connectivity index (χ2v) is 5.80. The predicted octanol–water partition coefficient (Wildman–Crippen LogP) is 3.71. The molecule has 0 radical (unpaired) electrons. The second kappa shape index (κ2) is 5.06. The van der Waals surface area contributed by atoms with Crippen LogP contribution in [0.4, 0.5) is 4.39 Å². The maximum Gasteiger partial charge on any atom is 0.132 e. The van der Waals surface area contributed by atoms with Gasteiger partial charge in [-0.1, -0.05) is 15.9 Å². The maximum atomic E-state index is 13.9. The van der Waals surface area contributed by atoms with E-state index in [0.717, 1.165) is 28.7 Å². The molecule has 0 aliphatic carbocycles. The molecule has 2 heterocycles. The SMILES string of the molecule is Cc1c(-c2cc(Br)ccc2F)n[nH]c1C1CCCN1. The van der Waals surface area contributed by atoms with Gasteiger partial charge in [-0.15, -0.1) is 0 Å². The molecule has 5 heteroatoms. The van der Waals surface area contributed by atoms with E-state index in [9.17, 15) is 4.39 Å². The highest BCUT2D eigenvalue weighted by Gasteiger charge is 2.23. The molecule has 0 spiro atoms. The molecular formula is C14H15BrFN3. The molecule has 1 atom stereocenters. The van der Waals surface area contributed by atoms with Crippen molar-refractivity contribution in [3.05, 3.63) is 39.7 Å². The molecule has 2 N–H and O–H groups in total. The molecule has 0 amide bonds. The Bertz CT molecular complexity index is 603. The lowest BCUT2D eigenvalue weighted by Crippen LogP contribution is -2.14. The number of aromatic amines is 1. The highest BCUT2D eigenvalue weighted by atomic mass is 79.9. The third-order valence-corrected chi connectivity index (χ3v) is 4.13. The van der Waals surface area contributed by atoms with Gasteiger partial charge in [0.2, 0.25) is 0 Å². The quantitative estimate of drug-likeness (QED) is 0.884. The van der Waals surface area contributed by atoms with E-state index in [1.54, 1.807) is 12.1 Å². The molecule has 1 aliphatic rings. The van der Waals surface area contributed by atoms with E-state index in [2.05, 4.69) is 31.4 Å². The summed E-state index contributed by atoms with van der Waals surface area (Å²) in [5.74, 6) is -0.247. The zero-order valence-electron chi connectivity index (χ0n) is 10.6. The van der Waals surface area contributed by atoms with Gasteiger partial charge in [0.1, 0.15) is 5.82 Å². The molecule has 1 aliphatic heterocycles. The van der Waals surface area contributed by atoms with Gasteiger partial charge in [-0.05, 0) is 50.1 Å². The van der Waals surface area contributed by atoms with Gasteiger partial charge in [0.05, 0.1) is 11.4 Å². The Kier molecular flexibility index (Phi) is 3.41. The first-order chi connectivity index (χ1) is 9.16. The molecule has 0 saturated carbocycles. The van der Waals surface area contributed by atoms with Crippen LogP contribution in [-0.2, 0) is 0 Å². The lowest BCUT2D eigenvalue weighted by atomic mass is 10.0. The van der Waals surface area contributed by atoms with Gasteiger partial charge in [0.25, 0.3) is 0 Å². The number of halogens is 2. The molecule has 0 bridgehead atoms. The van der Waals surface area contributed by atoms with Crippen molar-refractivity contribution < 1.29 is 4.39 Å². The van der Waals surface area contributed by atoms with Crippen molar-refractivity contribution in [1.29, 1.82) is 0 Å². The molecule has 3 nitrogen and oxygen atoms in total. The highest BCUT2D eigenvalue weighted by molar-refractivity contribution is 9.10. The monoisotopic (exact) mass is 323 g/mol. The van der Waals surface area contributed by atoms with Crippen LogP contribution in [0.1, 0.15) is 30.1 Å². The Balaban J connectivity index is 2.04. The highest BCUT2D eigenvalue weighted by Crippen LogP contribution is 2.32. The lowest BCUT2D eigenvalue weighted by molar-refractivity contribution is 0.622. The van der Waals surface area contributed by atoms with Crippen LogP contribution in [0, 0.1) is 12.7 Å². The summed E-state index contributed by atoms with van der Waals surface area (Å²) in [5.41, 5.74) is 3.33. The number of nitrogens with one attached hydrogen (secondary N) is 2. The van der Waals surface area contributed by atoms with Crippen LogP contribution in [-0.4, -0.2) is 16.7 Å². The Labute approximate surface area is 119 Å². The Morgan fingerprint density at radius 1 is 1.42 bits per heavy atom. The van der Waals surface area contributed by atoms with Crippen LogP contribution in [0.15, 0.2) is 22.7 Å². The van der Waals surface area contributed by atoms with Crippen molar-refractivity contribution in [2.24, 2.45) is 0 Å². The van der Waals surface area contributed by atoms with Gasteiger partial charge in [-0.2, -0.15) is 5.10 Å². The lowest BCUT2D eigenvalue weighted by Gasteiger charge is -2.09. The fourth-order valence-corrected chi connectivity index (χ4v) is 2.98. The van der Waals surface area contributed by atoms with Crippen LogP contribution >= 0.6 is 15.9 Å². The van der Waals surface area contributed by atoms with Crippen molar-refractivity contribution in [3.8, 4) is 11.3 Å². The second-order valence-electron chi connectivity index (χ2n) is 4.88. The summed E-state index contributed by atoms with van der Waals surface area (Å²) in [6.07, 6.45) is 2.27. The number of nitrogens with zero attached hydrogens (tertiary/aromatic N) is 1. The van der Waals surface area contributed by atoms with Crippen LogP contribution in [0.2, 0.25) is 0 Å². The van der Waals surface area contributed by atoms with Gasteiger partial charge < -0.3 is 5.32 Å². The van der Waals surface area contributed by atoms with E-state index in [1.807, 2.05) is 6.92 Å². The Morgan fingerprint density at radius 2 is 2.26 bits per heavy atom. The average molecular weight is 324 g/mol. The number of hydrogen-bond acceptors (Lipinski definition) is 2.